The van der Waals surface area contributed by atoms with E-state index in [9.17, 15) is 4.79 Å². The van der Waals surface area contributed by atoms with Crippen molar-refractivity contribution in [2.24, 2.45) is 7.05 Å². The molecule has 4 aromatic rings. The SMILES string of the molecule is COc1cccc(-c2cc(NC=O)c3ncc(-c4cnn(C)c4)n3c2)c1. The number of hydrogen-bond donors (Lipinski definition) is 1. The van der Waals surface area contributed by atoms with Gasteiger partial charge in [-0.2, -0.15) is 5.10 Å². The van der Waals surface area contributed by atoms with Crippen LogP contribution in [0.25, 0.3) is 28.0 Å². The number of amides is 1. The number of fused-ring (bicyclic) bond motifs is 1. The highest BCUT2D eigenvalue weighted by Crippen LogP contribution is 2.31. The lowest BCUT2D eigenvalue weighted by molar-refractivity contribution is -0.105. The summed E-state index contributed by atoms with van der Waals surface area (Å²) < 4.78 is 9.02. The maximum Gasteiger partial charge on any atom is 0.211 e. The zero-order valence-corrected chi connectivity index (χ0v) is 14.4. The van der Waals surface area contributed by atoms with Crippen molar-refractivity contribution >= 4 is 17.7 Å². The van der Waals surface area contributed by atoms with Crippen LogP contribution in [0.5, 0.6) is 5.75 Å². The topological polar surface area (TPSA) is 73.4 Å². The second kappa shape index (κ2) is 6.36. The summed E-state index contributed by atoms with van der Waals surface area (Å²) in [6.45, 7) is 0. The number of nitrogens with zero attached hydrogens (tertiary/aromatic N) is 4. The van der Waals surface area contributed by atoms with Gasteiger partial charge in [0.25, 0.3) is 0 Å². The average molecular weight is 347 g/mol. The molecule has 0 saturated heterocycles. The summed E-state index contributed by atoms with van der Waals surface area (Å²) in [5, 5.41) is 6.97. The highest BCUT2D eigenvalue weighted by Gasteiger charge is 2.13. The summed E-state index contributed by atoms with van der Waals surface area (Å²) in [6, 6.07) is 9.67. The zero-order valence-electron chi connectivity index (χ0n) is 14.4. The van der Waals surface area contributed by atoms with Gasteiger partial charge in [0, 0.05) is 30.6 Å². The first-order valence-corrected chi connectivity index (χ1v) is 8.04. The number of aromatic nitrogens is 4. The fourth-order valence-corrected chi connectivity index (χ4v) is 2.98. The molecule has 0 saturated carbocycles. The molecule has 3 heterocycles. The maximum atomic E-state index is 11.1. The van der Waals surface area contributed by atoms with Gasteiger partial charge in [-0.15, -0.1) is 0 Å². The summed E-state index contributed by atoms with van der Waals surface area (Å²) in [4.78, 5) is 15.5. The molecule has 0 atom stereocenters. The molecule has 3 aromatic heterocycles. The van der Waals surface area contributed by atoms with Crippen LogP contribution in [0, 0.1) is 0 Å². The molecule has 1 aromatic carbocycles. The third kappa shape index (κ3) is 2.69. The van der Waals surface area contributed by atoms with E-state index in [1.165, 1.54) is 0 Å². The van der Waals surface area contributed by atoms with E-state index in [0.717, 1.165) is 28.1 Å². The van der Waals surface area contributed by atoms with Gasteiger partial charge in [0.15, 0.2) is 5.65 Å². The fraction of sp³-hybridized carbons (Fsp3) is 0.105. The van der Waals surface area contributed by atoms with Crippen molar-refractivity contribution in [2.45, 2.75) is 0 Å². The summed E-state index contributed by atoms with van der Waals surface area (Å²) in [6.07, 6.45) is 8.14. The van der Waals surface area contributed by atoms with Gasteiger partial charge in [0.1, 0.15) is 5.75 Å². The monoisotopic (exact) mass is 347 g/mol. The summed E-state index contributed by atoms with van der Waals surface area (Å²) in [7, 11) is 3.51. The molecule has 1 amide bonds. The third-order valence-corrected chi connectivity index (χ3v) is 4.22. The van der Waals surface area contributed by atoms with E-state index >= 15 is 0 Å². The third-order valence-electron chi connectivity index (χ3n) is 4.22. The first-order chi connectivity index (χ1) is 12.7. The highest BCUT2D eigenvalue weighted by atomic mass is 16.5. The largest absolute Gasteiger partial charge is 0.497 e. The Morgan fingerprint density at radius 3 is 2.73 bits per heavy atom. The molecule has 130 valence electrons. The van der Waals surface area contributed by atoms with Crippen LogP contribution < -0.4 is 10.1 Å². The smallest absolute Gasteiger partial charge is 0.211 e. The Morgan fingerprint density at radius 1 is 1.12 bits per heavy atom. The molecular formula is C19H17N5O2. The molecule has 0 fully saturated rings. The zero-order chi connectivity index (χ0) is 18.1. The van der Waals surface area contributed by atoms with Crippen molar-refractivity contribution in [1.82, 2.24) is 19.2 Å². The van der Waals surface area contributed by atoms with Gasteiger partial charge >= 0.3 is 0 Å². The molecule has 7 heteroatoms. The Morgan fingerprint density at radius 2 is 2.00 bits per heavy atom. The number of carbonyl (C=O) groups excluding carboxylic acids is 1. The molecule has 0 unspecified atom stereocenters. The molecule has 0 aliphatic heterocycles. The number of rotatable bonds is 5. The van der Waals surface area contributed by atoms with Crippen LogP contribution in [0.15, 0.2) is 55.1 Å². The molecule has 0 aliphatic rings. The van der Waals surface area contributed by atoms with Gasteiger partial charge in [0.05, 0.1) is 30.9 Å². The minimum atomic E-state index is 0.635. The minimum Gasteiger partial charge on any atom is -0.497 e. The van der Waals surface area contributed by atoms with Crippen molar-refractivity contribution in [3.05, 3.63) is 55.1 Å². The number of benzene rings is 1. The Kier molecular flexibility index (Phi) is 3.89. The van der Waals surface area contributed by atoms with E-state index in [2.05, 4.69) is 15.4 Å². The lowest BCUT2D eigenvalue weighted by atomic mass is 10.1. The molecule has 1 N–H and O–H groups in total. The van der Waals surface area contributed by atoms with E-state index in [-0.39, 0.29) is 0 Å². The van der Waals surface area contributed by atoms with Gasteiger partial charge < -0.3 is 10.1 Å². The van der Waals surface area contributed by atoms with E-state index < -0.39 is 0 Å². The molecular weight excluding hydrogens is 330 g/mol. The minimum absolute atomic E-state index is 0.635. The number of carbonyl (C=O) groups is 1. The first kappa shape index (κ1) is 15.9. The van der Waals surface area contributed by atoms with Crippen LogP contribution in [0.3, 0.4) is 0 Å². The average Bonchev–Trinajstić information content (AvgIpc) is 3.28. The van der Waals surface area contributed by atoms with Gasteiger partial charge in [-0.1, -0.05) is 12.1 Å². The van der Waals surface area contributed by atoms with E-state index in [1.807, 2.05) is 54.2 Å². The first-order valence-electron chi connectivity index (χ1n) is 8.04. The molecule has 0 bridgehead atoms. The Hall–Kier alpha value is -3.61. The van der Waals surface area contributed by atoms with Gasteiger partial charge in [-0.05, 0) is 23.8 Å². The maximum absolute atomic E-state index is 11.1. The van der Waals surface area contributed by atoms with Crippen LogP contribution >= 0.6 is 0 Å². The van der Waals surface area contributed by atoms with Crippen LogP contribution in [0.2, 0.25) is 0 Å². The number of imidazole rings is 1. The van der Waals surface area contributed by atoms with E-state index in [4.69, 9.17) is 4.74 Å². The number of ether oxygens (including phenoxy) is 1. The second-order valence-corrected chi connectivity index (χ2v) is 5.88. The van der Waals surface area contributed by atoms with Crippen molar-refractivity contribution in [2.75, 3.05) is 12.4 Å². The molecule has 7 nitrogen and oxygen atoms in total. The molecule has 0 aliphatic carbocycles. The Balaban J connectivity index is 1.95. The van der Waals surface area contributed by atoms with Crippen molar-refractivity contribution in [3.63, 3.8) is 0 Å². The molecule has 26 heavy (non-hydrogen) atoms. The van der Waals surface area contributed by atoms with E-state index in [0.29, 0.717) is 17.7 Å². The van der Waals surface area contributed by atoms with Crippen LogP contribution in [0.1, 0.15) is 0 Å². The van der Waals surface area contributed by atoms with Gasteiger partial charge in [-0.3, -0.25) is 13.9 Å². The molecule has 4 rings (SSSR count). The van der Waals surface area contributed by atoms with Crippen LogP contribution in [0.4, 0.5) is 5.69 Å². The lowest BCUT2D eigenvalue weighted by Gasteiger charge is -2.10. The lowest BCUT2D eigenvalue weighted by Crippen LogP contribution is -1.99. The molecule has 0 radical (unpaired) electrons. The van der Waals surface area contributed by atoms with Crippen molar-refractivity contribution < 1.29 is 9.53 Å². The fourth-order valence-electron chi connectivity index (χ4n) is 2.98. The van der Waals surface area contributed by atoms with Gasteiger partial charge in [0.2, 0.25) is 6.41 Å². The summed E-state index contributed by atoms with van der Waals surface area (Å²) in [5.74, 6) is 0.769. The molecule has 0 spiro atoms. The van der Waals surface area contributed by atoms with Crippen molar-refractivity contribution in [1.29, 1.82) is 0 Å². The van der Waals surface area contributed by atoms with Crippen molar-refractivity contribution in [3.8, 4) is 28.1 Å². The standard InChI is InChI=1S/C19H17N5O2/c1-23-10-15(8-22-23)18-9-20-19-17(21-12-25)7-14(11-24(18)19)13-4-3-5-16(6-13)26-2/h3-12H,1-2H3,(H,21,25). The Labute approximate surface area is 149 Å². The Bertz CT molecular complexity index is 1100. The second-order valence-electron chi connectivity index (χ2n) is 5.88. The van der Waals surface area contributed by atoms with Gasteiger partial charge in [-0.25, -0.2) is 4.98 Å². The number of aryl methyl sites for hydroxylation is 1. The predicted octanol–water partition coefficient (Wildman–Crippen LogP) is 2.98. The highest BCUT2D eigenvalue weighted by molar-refractivity contribution is 5.86. The number of nitrogens with one attached hydrogen (secondary N) is 1. The summed E-state index contributed by atoms with van der Waals surface area (Å²) in [5.41, 5.74) is 5.06. The number of hydrogen-bond acceptors (Lipinski definition) is 4. The van der Waals surface area contributed by atoms with Crippen LogP contribution in [-0.2, 0) is 11.8 Å². The number of methoxy groups -OCH3 is 1. The normalized spacial score (nSPS) is 10.8. The quantitative estimate of drug-likeness (QED) is 0.563. The predicted molar refractivity (Wildman–Crippen MR) is 99.1 cm³/mol. The summed E-state index contributed by atoms with van der Waals surface area (Å²) >= 11 is 0. The van der Waals surface area contributed by atoms with Crippen LogP contribution in [-0.4, -0.2) is 32.7 Å². The number of pyridine rings is 1. The van der Waals surface area contributed by atoms with E-state index in [1.54, 1.807) is 24.2 Å². The number of anilines is 1.